The van der Waals surface area contributed by atoms with Gasteiger partial charge in [0.25, 0.3) is 0 Å². The Morgan fingerprint density at radius 3 is 2.63 bits per heavy atom. The highest BCUT2D eigenvalue weighted by Gasteiger charge is 2.17. The number of carbonyl (C=O) groups excluding carboxylic acids is 1. The van der Waals surface area contributed by atoms with Crippen LogP contribution in [0.3, 0.4) is 0 Å². The van der Waals surface area contributed by atoms with Gasteiger partial charge in [-0.15, -0.1) is 11.3 Å². The van der Waals surface area contributed by atoms with Crippen molar-refractivity contribution in [2.75, 3.05) is 18.5 Å². The minimum Gasteiger partial charge on any atom is -0.365 e. The second kappa shape index (κ2) is 5.90. The van der Waals surface area contributed by atoms with Crippen molar-refractivity contribution in [1.82, 2.24) is 0 Å². The fraction of sp³-hybridized carbons (Fsp3) is 0.154. The minimum atomic E-state index is -0.368. The predicted molar refractivity (Wildman–Crippen MR) is 78.3 cm³/mol. The molecule has 0 fully saturated rings. The zero-order valence-electron chi connectivity index (χ0n) is 9.99. The Balaban J connectivity index is 2.15. The average molecular weight is 318 g/mol. The molecule has 1 heterocycles. The van der Waals surface area contributed by atoms with Crippen molar-refractivity contribution in [1.29, 1.82) is 0 Å². The van der Waals surface area contributed by atoms with E-state index in [1.807, 2.05) is 0 Å². The number of hydrogen-bond acceptors (Lipinski definition) is 3. The number of anilines is 1. The number of rotatable bonds is 4. The van der Waals surface area contributed by atoms with Gasteiger partial charge in [-0.3, -0.25) is 4.79 Å². The molecule has 0 aliphatic carbocycles. The van der Waals surface area contributed by atoms with Gasteiger partial charge in [0.15, 0.2) is 5.78 Å². The van der Waals surface area contributed by atoms with Crippen molar-refractivity contribution in [3.05, 3.63) is 50.4 Å². The van der Waals surface area contributed by atoms with Crippen molar-refractivity contribution >= 4 is 46.0 Å². The average Bonchev–Trinajstić information content (AvgIpc) is 2.69. The fourth-order valence-corrected chi connectivity index (χ4v) is 3.18. The molecule has 0 spiro atoms. The summed E-state index contributed by atoms with van der Waals surface area (Å²) in [7, 11) is 1.65. The summed E-state index contributed by atoms with van der Waals surface area (Å²) in [6.45, 7) is 0.0354. The molecule has 0 N–H and O–H groups in total. The first-order chi connectivity index (χ1) is 8.99. The van der Waals surface area contributed by atoms with Crippen LogP contribution in [0.1, 0.15) is 10.4 Å². The highest BCUT2D eigenvalue weighted by atomic mass is 35.5. The van der Waals surface area contributed by atoms with E-state index in [1.54, 1.807) is 30.1 Å². The quantitative estimate of drug-likeness (QED) is 0.773. The first kappa shape index (κ1) is 14.3. The predicted octanol–water partition coefficient (Wildman–Crippen LogP) is 4.51. The van der Waals surface area contributed by atoms with Crippen LogP contribution in [0.5, 0.6) is 0 Å². The molecule has 0 aliphatic heterocycles. The van der Waals surface area contributed by atoms with Gasteiger partial charge in [0.2, 0.25) is 0 Å². The maximum Gasteiger partial charge on any atom is 0.184 e. The van der Waals surface area contributed by atoms with E-state index < -0.39 is 0 Å². The van der Waals surface area contributed by atoms with E-state index in [-0.39, 0.29) is 18.1 Å². The molecule has 1 aromatic carbocycles. The lowest BCUT2D eigenvalue weighted by atomic mass is 10.2. The van der Waals surface area contributed by atoms with Crippen molar-refractivity contribution < 1.29 is 9.18 Å². The highest BCUT2D eigenvalue weighted by molar-refractivity contribution is 7.20. The van der Waals surface area contributed by atoms with Crippen molar-refractivity contribution in [2.24, 2.45) is 0 Å². The smallest absolute Gasteiger partial charge is 0.184 e. The molecule has 0 unspecified atom stereocenters. The van der Waals surface area contributed by atoms with E-state index in [1.165, 1.54) is 12.1 Å². The van der Waals surface area contributed by atoms with Crippen LogP contribution in [0, 0.1) is 5.82 Å². The third kappa shape index (κ3) is 3.26. The van der Waals surface area contributed by atoms with E-state index in [0.29, 0.717) is 19.9 Å². The lowest BCUT2D eigenvalue weighted by molar-refractivity contribution is 0.100. The third-order valence-corrected chi connectivity index (χ3v) is 4.09. The van der Waals surface area contributed by atoms with Gasteiger partial charge < -0.3 is 4.90 Å². The Labute approximate surface area is 124 Å². The van der Waals surface area contributed by atoms with Crippen LogP contribution in [-0.4, -0.2) is 19.4 Å². The van der Waals surface area contributed by atoms with Gasteiger partial charge in [0.05, 0.1) is 22.1 Å². The van der Waals surface area contributed by atoms with Crippen LogP contribution in [-0.2, 0) is 0 Å². The minimum absolute atomic E-state index is 0.0354. The van der Waals surface area contributed by atoms with Crippen molar-refractivity contribution in [2.45, 2.75) is 0 Å². The van der Waals surface area contributed by atoms with Gasteiger partial charge in [0, 0.05) is 7.05 Å². The van der Waals surface area contributed by atoms with Crippen LogP contribution in [0.2, 0.25) is 8.67 Å². The SMILES string of the molecule is CN(CC(=O)c1cc(Cl)sc1Cl)c1ccccc1F. The topological polar surface area (TPSA) is 20.3 Å². The summed E-state index contributed by atoms with van der Waals surface area (Å²) in [4.78, 5) is 13.6. The molecular weight excluding hydrogens is 308 g/mol. The highest BCUT2D eigenvalue weighted by Crippen LogP contribution is 2.31. The van der Waals surface area contributed by atoms with Crippen LogP contribution in [0.25, 0.3) is 0 Å². The summed E-state index contributed by atoms with van der Waals surface area (Å²) >= 11 is 12.9. The zero-order chi connectivity index (χ0) is 14.0. The molecule has 0 amide bonds. The molecule has 0 saturated heterocycles. The molecule has 2 nitrogen and oxygen atoms in total. The second-order valence-corrected chi connectivity index (χ2v) is 6.25. The second-order valence-electron chi connectivity index (χ2n) is 3.97. The third-order valence-electron chi connectivity index (χ3n) is 2.60. The van der Waals surface area contributed by atoms with E-state index in [4.69, 9.17) is 23.2 Å². The Kier molecular flexibility index (Phi) is 4.45. The lowest BCUT2D eigenvalue weighted by Crippen LogP contribution is -2.26. The molecule has 0 radical (unpaired) electrons. The standard InChI is InChI=1S/C13H10Cl2FNOS/c1-17(10-5-3-2-4-9(10)16)7-11(18)8-6-12(14)19-13(8)15/h2-6H,7H2,1H3. The molecule has 0 bridgehead atoms. The first-order valence-electron chi connectivity index (χ1n) is 5.42. The number of ketones is 1. The van der Waals surface area contributed by atoms with Crippen molar-refractivity contribution in [3.8, 4) is 0 Å². The number of hydrogen-bond donors (Lipinski definition) is 0. The molecular formula is C13H10Cl2FNOS. The number of para-hydroxylation sites is 1. The molecule has 1 aromatic heterocycles. The number of thiophene rings is 1. The summed E-state index contributed by atoms with van der Waals surface area (Å²) in [6, 6.07) is 7.82. The first-order valence-corrected chi connectivity index (χ1v) is 7.00. The monoisotopic (exact) mass is 317 g/mol. The van der Waals surface area contributed by atoms with E-state index in [2.05, 4.69) is 0 Å². The Hall–Kier alpha value is -1.10. The summed E-state index contributed by atoms with van der Waals surface area (Å²) in [6.07, 6.45) is 0. The van der Waals surface area contributed by atoms with Crippen LogP contribution in [0.4, 0.5) is 10.1 Å². The normalized spacial score (nSPS) is 10.5. The van der Waals surface area contributed by atoms with E-state index in [0.717, 1.165) is 11.3 Å². The van der Waals surface area contributed by atoms with Crippen LogP contribution >= 0.6 is 34.5 Å². The number of likely N-dealkylation sites (N-methyl/N-ethyl adjacent to an activating group) is 1. The van der Waals surface area contributed by atoms with Gasteiger partial charge in [0.1, 0.15) is 10.2 Å². The van der Waals surface area contributed by atoms with Crippen molar-refractivity contribution in [3.63, 3.8) is 0 Å². The molecule has 6 heteroatoms. The Morgan fingerprint density at radius 1 is 1.37 bits per heavy atom. The van der Waals surface area contributed by atoms with E-state index in [9.17, 15) is 9.18 Å². The van der Waals surface area contributed by atoms with Gasteiger partial charge in [-0.05, 0) is 18.2 Å². The summed E-state index contributed by atoms with van der Waals surface area (Å²) in [5, 5.41) is 0. The molecule has 2 aromatic rings. The number of carbonyl (C=O) groups is 1. The number of benzene rings is 1. The molecule has 100 valence electrons. The van der Waals surface area contributed by atoms with E-state index >= 15 is 0 Å². The Bertz CT molecular complexity index is 614. The Morgan fingerprint density at radius 2 is 2.05 bits per heavy atom. The van der Waals surface area contributed by atoms with Crippen LogP contribution < -0.4 is 4.90 Å². The molecule has 0 saturated carbocycles. The largest absolute Gasteiger partial charge is 0.365 e. The van der Waals surface area contributed by atoms with Gasteiger partial charge in [-0.1, -0.05) is 35.3 Å². The van der Waals surface area contributed by atoms with Crippen LogP contribution in [0.15, 0.2) is 30.3 Å². The number of halogens is 3. The molecule has 19 heavy (non-hydrogen) atoms. The fourth-order valence-electron chi connectivity index (χ4n) is 1.68. The maximum absolute atomic E-state index is 13.6. The number of nitrogens with zero attached hydrogens (tertiary/aromatic N) is 1. The zero-order valence-corrected chi connectivity index (χ0v) is 12.3. The summed E-state index contributed by atoms with van der Waals surface area (Å²) in [5.74, 6) is -0.564. The maximum atomic E-state index is 13.6. The molecule has 2 rings (SSSR count). The summed E-state index contributed by atoms with van der Waals surface area (Å²) in [5.41, 5.74) is 0.744. The van der Waals surface area contributed by atoms with Gasteiger partial charge >= 0.3 is 0 Å². The number of Topliss-reactive ketones (excluding diaryl/α,β-unsaturated/α-hetero) is 1. The molecule has 0 atom stereocenters. The lowest BCUT2D eigenvalue weighted by Gasteiger charge is -2.18. The van der Waals surface area contributed by atoms with Gasteiger partial charge in [-0.2, -0.15) is 0 Å². The summed E-state index contributed by atoms with van der Waals surface area (Å²) < 4.78 is 14.4. The molecule has 0 aliphatic rings. The van der Waals surface area contributed by atoms with Gasteiger partial charge in [-0.25, -0.2) is 4.39 Å².